The number of amides is 1. The SMILES string of the molecule is CC1=C(C)C(=O)C(CCC(=O)N2CCCCC2)=CC1=O. The fourth-order valence-electron chi connectivity index (χ4n) is 2.66. The van der Waals surface area contributed by atoms with E-state index in [0.29, 0.717) is 29.6 Å². The Morgan fingerprint density at radius 2 is 1.75 bits per heavy atom. The van der Waals surface area contributed by atoms with Crippen LogP contribution in [0.25, 0.3) is 0 Å². The summed E-state index contributed by atoms with van der Waals surface area (Å²) >= 11 is 0. The van der Waals surface area contributed by atoms with E-state index in [1.807, 2.05) is 4.90 Å². The predicted molar refractivity (Wildman–Crippen MR) is 76.1 cm³/mol. The van der Waals surface area contributed by atoms with Crippen LogP contribution in [0, 0.1) is 0 Å². The summed E-state index contributed by atoms with van der Waals surface area (Å²) in [6.45, 7) is 4.99. The van der Waals surface area contributed by atoms with E-state index in [0.717, 1.165) is 25.9 Å². The summed E-state index contributed by atoms with van der Waals surface area (Å²) in [4.78, 5) is 37.7. The summed E-state index contributed by atoms with van der Waals surface area (Å²) in [5.74, 6) is -0.106. The third kappa shape index (κ3) is 3.06. The van der Waals surface area contributed by atoms with Crippen LogP contribution in [0.3, 0.4) is 0 Å². The van der Waals surface area contributed by atoms with Crippen LogP contribution in [0.5, 0.6) is 0 Å². The van der Waals surface area contributed by atoms with Crippen molar-refractivity contribution < 1.29 is 14.4 Å². The van der Waals surface area contributed by atoms with E-state index in [9.17, 15) is 14.4 Å². The molecule has 0 N–H and O–H groups in total. The number of carbonyl (C=O) groups excluding carboxylic acids is 3. The van der Waals surface area contributed by atoms with Crippen molar-refractivity contribution in [2.24, 2.45) is 0 Å². The van der Waals surface area contributed by atoms with Gasteiger partial charge >= 0.3 is 0 Å². The first-order chi connectivity index (χ1) is 9.50. The highest BCUT2D eigenvalue weighted by Crippen LogP contribution is 2.22. The number of hydrogen-bond donors (Lipinski definition) is 0. The van der Waals surface area contributed by atoms with E-state index in [4.69, 9.17) is 0 Å². The van der Waals surface area contributed by atoms with Crippen molar-refractivity contribution in [3.8, 4) is 0 Å². The molecule has 0 spiro atoms. The zero-order valence-electron chi connectivity index (χ0n) is 12.2. The molecule has 4 heteroatoms. The minimum atomic E-state index is -0.109. The molecule has 0 aromatic rings. The molecule has 1 aliphatic carbocycles. The molecule has 2 rings (SSSR count). The van der Waals surface area contributed by atoms with Crippen molar-refractivity contribution in [1.29, 1.82) is 0 Å². The van der Waals surface area contributed by atoms with Crippen molar-refractivity contribution in [2.75, 3.05) is 13.1 Å². The maximum Gasteiger partial charge on any atom is 0.222 e. The third-order valence-electron chi connectivity index (χ3n) is 4.19. The topological polar surface area (TPSA) is 54.5 Å². The van der Waals surface area contributed by atoms with Gasteiger partial charge in [0.15, 0.2) is 11.6 Å². The molecule has 0 radical (unpaired) electrons. The van der Waals surface area contributed by atoms with Crippen molar-refractivity contribution in [3.05, 3.63) is 22.8 Å². The van der Waals surface area contributed by atoms with Crippen molar-refractivity contribution in [3.63, 3.8) is 0 Å². The second kappa shape index (κ2) is 6.16. The van der Waals surface area contributed by atoms with Gasteiger partial charge in [-0.3, -0.25) is 14.4 Å². The number of ketones is 2. The Bertz CT molecular complexity index is 508. The first kappa shape index (κ1) is 14.7. The van der Waals surface area contributed by atoms with Crippen molar-refractivity contribution in [1.82, 2.24) is 4.90 Å². The van der Waals surface area contributed by atoms with Crippen LogP contribution >= 0.6 is 0 Å². The van der Waals surface area contributed by atoms with Crippen molar-refractivity contribution >= 4 is 17.5 Å². The zero-order chi connectivity index (χ0) is 14.7. The summed E-state index contributed by atoms with van der Waals surface area (Å²) < 4.78 is 0. The highest BCUT2D eigenvalue weighted by Gasteiger charge is 2.24. The molecule has 0 bridgehead atoms. The fourth-order valence-corrected chi connectivity index (χ4v) is 2.66. The van der Waals surface area contributed by atoms with Gasteiger partial charge < -0.3 is 4.90 Å². The Labute approximate surface area is 119 Å². The van der Waals surface area contributed by atoms with Gasteiger partial charge in [0.2, 0.25) is 5.91 Å². The third-order valence-corrected chi connectivity index (χ3v) is 4.19. The Kier molecular flexibility index (Phi) is 4.53. The number of piperidine rings is 1. The first-order valence-corrected chi connectivity index (χ1v) is 7.25. The Hall–Kier alpha value is -1.71. The minimum absolute atomic E-state index is 0.0893. The number of hydrogen-bond acceptors (Lipinski definition) is 3. The molecular weight excluding hydrogens is 254 g/mol. The Morgan fingerprint density at radius 1 is 1.10 bits per heavy atom. The maximum absolute atomic E-state index is 12.1. The number of rotatable bonds is 3. The van der Waals surface area contributed by atoms with Crippen LogP contribution < -0.4 is 0 Å². The normalized spacial score (nSPS) is 20.3. The molecule has 0 saturated carbocycles. The summed E-state index contributed by atoms with van der Waals surface area (Å²) in [5.41, 5.74) is 1.50. The van der Waals surface area contributed by atoms with Crippen LogP contribution in [0.2, 0.25) is 0 Å². The summed E-state index contributed by atoms with van der Waals surface area (Å²) in [5, 5.41) is 0. The molecule has 1 amide bonds. The van der Waals surface area contributed by atoms with E-state index in [2.05, 4.69) is 0 Å². The van der Waals surface area contributed by atoms with Gasteiger partial charge in [-0.2, -0.15) is 0 Å². The summed E-state index contributed by atoms with van der Waals surface area (Å²) in [6, 6.07) is 0. The van der Waals surface area contributed by atoms with E-state index in [1.165, 1.54) is 12.5 Å². The minimum Gasteiger partial charge on any atom is -0.343 e. The molecule has 2 aliphatic rings. The van der Waals surface area contributed by atoms with Gasteiger partial charge in [-0.25, -0.2) is 0 Å². The molecule has 4 nitrogen and oxygen atoms in total. The average Bonchev–Trinajstić information content (AvgIpc) is 2.48. The molecule has 1 aliphatic heterocycles. The molecule has 0 unspecified atom stereocenters. The molecule has 1 fully saturated rings. The fraction of sp³-hybridized carbons (Fsp3) is 0.562. The molecular formula is C16H21NO3. The Balaban J connectivity index is 1.94. The largest absolute Gasteiger partial charge is 0.343 e. The van der Waals surface area contributed by atoms with Gasteiger partial charge in [0, 0.05) is 36.2 Å². The van der Waals surface area contributed by atoms with Gasteiger partial charge in [-0.05, 0) is 45.6 Å². The second-order valence-electron chi connectivity index (χ2n) is 5.55. The molecule has 20 heavy (non-hydrogen) atoms. The number of carbonyl (C=O) groups is 3. The molecule has 1 saturated heterocycles. The average molecular weight is 275 g/mol. The number of Topliss-reactive ketones (excluding diaryl/α,β-unsaturated/α-hetero) is 1. The lowest BCUT2D eigenvalue weighted by Crippen LogP contribution is -2.35. The molecule has 0 aromatic heterocycles. The lowest BCUT2D eigenvalue weighted by molar-refractivity contribution is -0.132. The van der Waals surface area contributed by atoms with Crippen molar-refractivity contribution in [2.45, 2.75) is 46.0 Å². The quantitative estimate of drug-likeness (QED) is 0.742. The highest BCUT2D eigenvalue weighted by atomic mass is 16.2. The maximum atomic E-state index is 12.1. The van der Waals surface area contributed by atoms with Gasteiger partial charge in [0.25, 0.3) is 0 Å². The van der Waals surface area contributed by atoms with Gasteiger partial charge in [-0.15, -0.1) is 0 Å². The second-order valence-corrected chi connectivity index (χ2v) is 5.55. The number of likely N-dealkylation sites (tertiary alicyclic amines) is 1. The Morgan fingerprint density at radius 3 is 2.40 bits per heavy atom. The van der Waals surface area contributed by atoms with Crippen LogP contribution in [0.4, 0.5) is 0 Å². The summed E-state index contributed by atoms with van der Waals surface area (Å²) in [6.07, 6.45) is 5.39. The van der Waals surface area contributed by atoms with E-state index in [1.54, 1.807) is 13.8 Å². The van der Waals surface area contributed by atoms with Gasteiger partial charge in [-0.1, -0.05) is 0 Å². The van der Waals surface area contributed by atoms with E-state index in [-0.39, 0.29) is 17.5 Å². The first-order valence-electron chi connectivity index (χ1n) is 7.25. The van der Waals surface area contributed by atoms with Crippen LogP contribution in [0.1, 0.15) is 46.0 Å². The molecule has 1 heterocycles. The lowest BCUT2D eigenvalue weighted by atomic mass is 9.89. The van der Waals surface area contributed by atoms with E-state index < -0.39 is 0 Å². The van der Waals surface area contributed by atoms with Gasteiger partial charge in [0.05, 0.1) is 0 Å². The lowest BCUT2D eigenvalue weighted by Gasteiger charge is -2.27. The molecule has 108 valence electrons. The van der Waals surface area contributed by atoms with Gasteiger partial charge in [0.1, 0.15) is 0 Å². The molecule has 0 aromatic carbocycles. The standard InChI is InChI=1S/C16H21NO3/c1-11-12(2)16(20)13(10-14(11)18)6-7-15(19)17-8-4-3-5-9-17/h10H,3-9H2,1-2H3. The highest BCUT2D eigenvalue weighted by molar-refractivity contribution is 6.22. The van der Waals surface area contributed by atoms with Crippen LogP contribution in [-0.2, 0) is 14.4 Å². The summed E-state index contributed by atoms with van der Waals surface area (Å²) in [7, 11) is 0. The number of nitrogens with zero attached hydrogens (tertiary/aromatic N) is 1. The zero-order valence-corrected chi connectivity index (χ0v) is 12.2. The van der Waals surface area contributed by atoms with E-state index >= 15 is 0 Å². The van der Waals surface area contributed by atoms with Crippen LogP contribution in [0.15, 0.2) is 22.8 Å². The smallest absolute Gasteiger partial charge is 0.222 e. The monoisotopic (exact) mass is 275 g/mol. The van der Waals surface area contributed by atoms with Crippen LogP contribution in [-0.4, -0.2) is 35.5 Å². The predicted octanol–water partition coefficient (Wildman–Crippen LogP) is 2.19. The molecule has 0 atom stereocenters. The number of allylic oxidation sites excluding steroid dienone is 4.